The highest BCUT2D eigenvalue weighted by molar-refractivity contribution is 7.87. The number of hydrogen-bond donors (Lipinski definition) is 1. The molecule has 6 nitrogen and oxygen atoms in total. The van der Waals surface area contributed by atoms with E-state index in [9.17, 15) is 13.2 Å². The van der Waals surface area contributed by atoms with Crippen LogP contribution in [-0.2, 0) is 32.6 Å². The molecule has 0 amide bonds. The van der Waals surface area contributed by atoms with Crippen molar-refractivity contribution in [2.75, 3.05) is 0 Å². The first-order valence-electron chi connectivity index (χ1n) is 11.3. The summed E-state index contributed by atoms with van der Waals surface area (Å²) in [4.78, 5) is 12.4. The van der Waals surface area contributed by atoms with Crippen LogP contribution in [0.25, 0.3) is 0 Å². The Kier molecular flexibility index (Phi) is 8.85. The van der Waals surface area contributed by atoms with E-state index in [0.29, 0.717) is 13.0 Å². The minimum atomic E-state index is -3.91. The Balaban J connectivity index is 1.66. The van der Waals surface area contributed by atoms with Gasteiger partial charge in [-0.2, -0.15) is 8.42 Å². The molecule has 0 heterocycles. The molecular weight excluding hydrogens is 450 g/mol. The summed E-state index contributed by atoms with van der Waals surface area (Å²) in [5.74, 6) is -0.0259. The summed E-state index contributed by atoms with van der Waals surface area (Å²) >= 11 is 0. The van der Waals surface area contributed by atoms with Crippen molar-refractivity contribution in [2.24, 2.45) is 0 Å². The summed E-state index contributed by atoms with van der Waals surface area (Å²) in [7, 11) is -3.91. The Hall–Kier alpha value is -3.16. The van der Waals surface area contributed by atoms with E-state index in [2.05, 4.69) is 5.32 Å². The Morgan fingerprint density at radius 3 is 2.15 bits per heavy atom. The molecule has 0 saturated heterocycles. The third-order valence-corrected chi connectivity index (χ3v) is 6.40. The molecule has 0 fully saturated rings. The topological polar surface area (TPSA) is 81.7 Å². The summed E-state index contributed by atoms with van der Waals surface area (Å²) in [6, 6.07) is 23.2. The second-order valence-corrected chi connectivity index (χ2v) is 10.1. The minimum Gasteiger partial charge on any atom is -0.463 e. The predicted octanol–water partition coefficient (Wildman–Crippen LogP) is 4.81. The number of nitrogens with one attached hydrogen (secondary N) is 1. The first kappa shape index (κ1) is 25.5. The molecule has 7 heteroatoms. The number of esters is 1. The molecular formula is C27H31NO5S. The minimum absolute atomic E-state index is 0.107. The van der Waals surface area contributed by atoms with Gasteiger partial charge in [-0.3, -0.25) is 4.79 Å². The van der Waals surface area contributed by atoms with E-state index in [1.165, 1.54) is 12.1 Å². The van der Waals surface area contributed by atoms with E-state index >= 15 is 0 Å². The Bertz CT molecular complexity index is 1160. The van der Waals surface area contributed by atoms with E-state index in [0.717, 1.165) is 16.7 Å². The molecule has 0 radical (unpaired) electrons. The lowest BCUT2D eigenvalue weighted by molar-refractivity contribution is -0.148. The fourth-order valence-electron chi connectivity index (χ4n) is 3.43. The number of carbonyl (C=O) groups excluding carboxylic acids is 1. The maximum Gasteiger partial charge on any atom is 0.339 e. The van der Waals surface area contributed by atoms with Crippen LogP contribution in [-0.4, -0.2) is 26.5 Å². The van der Waals surface area contributed by atoms with Gasteiger partial charge in [-0.25, -0.2) is 0 Å². The van der Waals surface area contributed by atoms with Crippen molar-refractivity contribution in [1.82, 2.24) is 5.32 Å². The highest BCUT2D eigenvalue weighted by atomic mass is 32.2. The van der Waals surface area contributed by atoms with Gasteiger partial charge < -0.3 is 14.2 Å². The number of rotatable bonds is 11. The summed E-state index contributed by atoms with van der Waals surface area (Å²) in [6.07, 6.45) is 0.630. The van der Waals surface area contributed by atoms with Gasteiger partial charge in [0.05, 0.1) is 12.5 Å². The van der Waals surface area contributed by atoms with Gasteiger partial charge >= 0.3 is 16.1 Å². The van der Waals surface area contributed by atoms with Crippen molar-refractivity contribution in [1.29, 1.82) is 0 Å². The maximum atomic E-state index is 12.5. The highest BCUT2D eigenvalue weighted by Gasteiger charge is 2.18. The van der Waals surface area contributed by atoms with E-state index in [4.69, 9.17) is 8.92 Å². The van der Waals surface area contributed by atoms with Gasteiger partial charge in [0.1, 0.15) is 10.6 Å². The van der Waals surface area contributed by atoms with Crippen LogP contribution in [0.2, 0.25) is 0 Å². The summed E-state index contributed by atoms with van der Waals surface area (Å²) < 4.78 is 35.7. The van der Waals surface area contributed by atoms with Crippen LogP contribution in [0, 0.1) is 6.92 Å². The van der Waals surface area contributed by atoms with Crippen LogP contribution in [0.3, 0.4) is 0 Å². The molecule has 0 bridgehead atoms. The second-order valence-electron chi connectivity index (χ2n) is 8.50. The number of benzene rings is 3. The molecule has 1 atom stereocenters. The van der Waals surface area contributed by atoms with Gasteiger partial charge in [-0.15, -0.1) is 0 Å². The number of ether oxygens (including phenoxy) is 1. The van der Waals surface area contributed by atoms with E-state index in [1.807, 2.05) is 63.2 Å². The lowest BCUT2D eigenvalue weighted by Gasteiger charge is -2.19. The number of hydrogen-bond acceptors (Lipinski definition) is 6. The van der Waals surface area contributed by atoms with Gasteiger partial charge in [0.25, 0.3) is 0 Å². The molecule has 0 aliphatic heterocycles. The lowest BCUT2D eigenvalue weighted by atomic mass is 10.0. The third kappa shape index (κ3) is 8.01. The number of carbonyl (C=O) groups is 1. The van der Waals surface area contributed by atoms with Crippen LogP contribution < -0.4 is 9.50 Å². The number of aryl methyl sites for hydroxylation is 1. The SMILES string of the molecule is Cc1ccc(S(=O)(=O)Oc2ccc(CC(CC(=O)OC(C)C)NCc3ccccc3)cc2)cc1. The zero-order chi connectivity index (χ0) is 24.6. The van der Waals surface area contributed by atoms with Crippen molar-refractivity contribution in [3.8, 4) is 5.75 Å². The van der Waals surface area contributed by atoms with Crippen LogP contribution >= 0.6 is 0 Å². The van der Waals surface area contributed by atoms with Crippen LogP contribution in [0.4, 0.5) is 0 Å². The molecule has 0 aliphatic carbocycles. The zero-order valence-corrected chi connectivity index (χ0v) is 20.5. The van der Waals surface area contributed by atoms with Crippen molar-refractivity contribution < 1.29 is 22.1 Å². The quantitative estimate of drug-likeness (QED) is 0.313. The van der Waals surface area contributed by atoms with Gasteiger partial charge in [0.15, 0.2) is 0 Å². The Labute approximate surface area is 202 Å². The molecule has 3 rings (SSSR count). The Morgan fingerprint density at radius 1 is 0.882 bits per heavy atom. The van der Waals surface area contributed by atoms with E-state index in [1.54, 1.807) is 24.3 Å². The Morgan fingerprint density at radius 2 is 1.53 bits per heavy atom. The summed E-state index contributed by atoms with van der Waals surface area (Å²) in [5.41, 5.74) is 3.04. The normalized spacial score (nSPS) is 12.4. The molecule has 1 unspecified atom stereocenters. The van der Waals surface area contributed by atoms with Crippen LogP contribution in [0.15, 0.2) is 83.8 Å². The van der Waals surface area contributed by atoms with E-state index < -0.39 is 10.1 Å². The van der Waals surface area contributed by atoms with Crippen LogP contribution in [0.5, 0.6) is 5.75 Å². The van der Waals surface area contributed by atoms with Crippen molar-refractivity contribution in [2.45, 2.75) is 57.2 Å². The van der Waals surface area contributed by atoms with E-state index in [-0.39, 0.29) is 35.2 Å². The maximum absolute atomic E-state index is 12.5. The molecule has 34 heavy (non-hydrogen) atoms. The predicted molar refractivity (Wildman–Crippen MR) is 132 cm³/mol. The third-order valence-electron chi connectivity index (χ3n) is 5.14. The zero-order valence-electron chi connectivity index (χ0n) is 19.7. The first-order valence-corrected chi connectivity index (χ1v) is 12.7. The standard InChI is InChI=1S/C27H31NO5S/c1-20(2)32-27(29)18-24(28-19-23-7-5-4-6-8-23)17-22-11-13-25(14-12-22)33-34(30,31)26-15-9-21(3)10-16-26/h4-16,20,24,28H,17-19H2,1-3H3. The van der Waals surface area contributed by atoms with Gasteiger partial charge in [-0.1, -0.05) is 60.2 Å². The fraction of sp³-hybridized carbons (Fsp3) is 0.296. The molecule has 1 N–H and O–H groups in total. The summed E-state index contributed by atoms with van der Waals surface area (Å²) in [6.45, 7) is 6.16. The van der Waals surface area contributed by atoms with Crippen molar-refractivity contribution in [3.05, 3.63) is 95.6 Å². The average molecular weight is 482 g/mol. The second kappa shape index (κ2) is 11.8. The smallest absolute Gasteiger partial charge is 0.339 e. The van der Waals surface area contributed by atoms with Gasteiger partial charge in [-0.05, 0) is 62.6 Å². The molecule has 0 aliphatic rings. The monoisotopic (exact) mass is 481 g/mol. The fourth-order valence-corrected chi connectivity index (χ4v) is 4.36. The lowest BCUT2D eigenvalue weighted by Crippen LogP contribution is -2.34. The largest absolute Gasteiger partial charge is 0.463 e. The molecule has 0 aromatic heterocycles. The summed E-state index contributed by atoms with van der Waals surface area (Å²) in [5, 5.41) is 3.44. The van der Waals surface area contributed by atoms with Gasteiger partial charge in [0.2, 0.25) is 0 Å². The molecule has 3 aromatic rings. The van der Waals surface area contributed by atoms with Crippen molar-refractivity contribution >= 4 is 16.1 Å². The van der Waals surface area contributed by atoms with Crippen LogP contribution in [0.1, 0.15) is 37.0 Å². The molecule has 0 spiro atoms. The molecule has 180 valence electrons. The molecule has 3 aromatic carbocycles. The van der Waals surface area contributed by atoms with Crippen molar-refractivity contribution in [3.63, 3.8) is 0 Å². The highest BCUT2D eigenvalue weighted by Crippen LogP contribution is 2.20. The average Bonchev–Trinajstić information content (AvgIpc) is 2.79. The first-order chi connectivity index (χ1) is 16.2. The molecule has 0 saturated carbocycles. The van der Waals surface area contributed by atoms with Gasteiger partial charge in [0, 0.05) is 12.6 Å².